The molecule has 0 bridgehead atoms. The van der Waals surface area contributed by atoms with Crippen LogP contribution in [0.3, 0.4) is 0 Å². The summed E-state index contributed by atoms with van der Waals surface area (Å²) in [6.07, 6.45) is 7.74. The molecule has 1 amide bonds. The number of para-hydroxylation sites is 1. The number of aryl methyl sites for hydroxylation is 1. The van der Waals surface area contributed by atoms with Crippen molar-refractivity contribution in [2.75, 3.05) is 11.4 Å². The van der Waals surface area contributed by atoms with Crippen LogP contribution in [0.1, 0.15) is 17.0 Å². The van der Waals surface area contributed by atoms with Gasteiger partial charge in [0.05, 0.1) is 22.8 Å². The Hall–Kier alpha value is -2.64. The molecule has 0 radical (unpaired) electrons. The van der Waals surface area contributed by atoms with E-state index in [0.29, 0.717) is 17.4 Å². The molecule has 0 aliphatic heterocycles. The van der Waals surface area contributed by atoms with Gasteiger partial charge in [0.15, 0.2) is 10.9 Å². The highest BCUT2D eigenvalue weighted by atomic mass is 35.5. The predicted molar refractivity (Wildman–Crippen MR) is 104 cm³/mol. The van der Waals surface area contributed by atoms with Gasteiger partial charge in [-0.1, -0.05) is 23.5 Å². The molecule has 0 aliphatic carbocycles. The van der Waals surface area contributed by atoms with Crippen LogP contribution < -0.4 is 4.90 Å². The minimum Gasteiger partial charge on any atom is -0.459 e. The molecular formula is C18H17ClN4O2S. The Labute approximate surface area is 160 Å². The Kier molecular flexibility index (Phi) is 5.70. The Bertz CT molecular complexity index is 933. The molecule has 3 heterocycles. The SMILES string of the molecule is Cl.O=C(c1ccco1)N(CCCn1ccnc1)c1nc2ccccc2s1. The quantitative estimate of drug-likeness (QED) is 0.495. The molecule has 8 heteroatoms. The van der Waals surface area contributed by atoms with Crippen molar-refractivity contribution in [3.63, 3.8) is 0 Å². The van der Waals surface area contributed by atoms with Crippen molar-refractivity contribution in [3.05, 3.63) is 67.1 Å². The number of hydrogen-bond acceptors (Lipinski definition) is 5. The third-order valence-corrected chi connectivity index (χ3v) is 4.91. The van der Waals surface area contributed by atoms with Crippen LogP contribution in [0.4, 0.5) is 5.13 Å². The second-order valence-corrected chi connectivity index (χ2v) is 6.56. The van der Waals surface area contributed by atoms with Crippen LogP contribution in [0.2, 0.25) is 0 Å². The largest absolute Gasteiger partial charge is 0.459 e. The number of halogens is 1. The molecule has 0 N–H and O–H groups in total. The fourth-order valence-electron chi connectivity index (χ4n) is 2.62. The number of nitrogens with zero attached hydrogens (tertiary/aromatic N) is 4. The van der Waals surface area contributed by atoms with E-state index in [1.807, 2.05) is 35.0 Å². The van der Waals surface area contributed by atoms with Crippen molar-refractivity contribution < 1.29 is 9.21 Å². The average Bonchev–Trinajstić information content (AvgIpc) is 3.39. The van der Waals surface area contributed by atoms with E-state index in [0.717, 1.165) is 23.2 Å². The number of rotatable bonds is 6. The number of amides is 1. The average molecular weight is 389 g/mol. The Morgan fingerprint density at radius 1 is 1.23 bits per heavy atom. The molecule has 134 valence electrons. The Morgan fingerprint density at radius 3 is 2.85 bits per heavy atom. The number of fused-ring (bicyclic) bond motifs is 1. The second kappa shape index (κ2) is 8.16. The standard InChI is InChI=1S/C18H16N4O2S.ClH/c23-17(15-6-3-12-24-15)22(10-4-9-21-11-8-19-13-21)18-20-14-5-1-2-7-16(14)25-18;/h1-3,5-8,11-13H,4,9-10H2;1H. The van der Waals surface area contributed by atoms with Gasteiger partial charge in [-0.15, -0.1) is 12.4 Å². The number of hydrogen-bond donors (Lipinski definition) is 0. The Morgan fingerprint density at radius 2 is 2.12 bits per heavy atom. The van der Waals surface area contributed by atoms with Crippen LogP contribution in [0.5, 0.6) is 0 Å². The first-order valence-corrected chi connectivity index (χ1v) is 8.79. The van der Waals surface area contributed by atoms with Crippen molar-refractivity contribution >= 4 is 45.0 Å². The number of furan rings is 1. The molecule has 4 rings (SSSR count). The van der Waals surface area contributed by atoms with E-state index in [1.54, 1.807) is 29.6 Å². The van der Waals surface area contributed by atoms with E-state index in [4.69, 9.17) is 4.42 Å². The molecule has 3 aromatic heterocycles. The van der Waals surface area contributed by atoms with E-state index in [2.05, 4.69) is 9.97 Å². The fraction of sp³-hybridized carbons (Fsp3) is 0.167. The predicted octanol–water partition coefficient (Wildman–Crippen LogP) is 4.24. The van der Waals surface area contributed by atoms with Crippen LogP contribution in [-0.4, -0.2) is 27.0 Å². The number of thiazole rings is 1. The van der Waals surface area contributed by atoms with Crippen LogP contribution in [0.25, 0.3) is 10.2 Å². The van der Waals surface area contributed by atoms with E-state index < -0.39 is 0 Å². The number of carbonyl (C=O) groups excluding carboxylic acids is 1. The van der Waals surface area contributed by atoms with E-state index in [1.165, 1.54) is 17.6 Å². The van der Waals surface area contributed by atoms with Crippen LogP contribution in [0, 0.1) is 0 Å². The van der Waals surface area contributed by atoms with Crippen molar-refractivity contribution in [1.82, 2.24) is 14.5 Å². The van der Waals surface area contributed by atoms with Crippen molar-refractivity contribution in [1.29, 1.82) is 0 Å². The molecule has 0 unspecified atom stereocenters. The normalized spacial score (nSPS) is 10.6. The molecule has 0 spiro atoms. The first-order valence-electron chi connectivity index (χ1n) is 7.98. The second-order valence-electron chi connectivity index (χ2n) is 5.55. The monoisotopic (exact) mass is 388 g/mol. The maximum absolute atomic E-state index is 12.9. The fourth-order valence-corrected chi connectivity index (χ4v) is 3.61. The number of benzene rings is 1. The lowest BCUT2D eigenvalue weighted by Gasteiger charge is -2.18. The summed E-state index contributed by atoms with van der Waals surface area (Å²) in [5.74, 6) is 0.150. The molecule has 0 saturated carbocycles. The zero-order valence-corrected chi connectivity index (χ0v) is 15.4. The minimum absolute atomic E-state index is 0. The summed E-state index contributed by atoms with van der Waals surface area (Å²) in [5.41, 5.74) is 0.898. The summed E-state index contributed by atoms with van der Waals surface area (Å²) in [4.78, 5) is 23.2. The first kappa shape index (κ1) is 18.2. The number of carbonyl (C=O) groups is 1. The van der Waals surface area contributed by atoms with E-state index >= 15 is 0 Å². The third kappa shape index (κ3) is 3.79. The molecule has 0 fully saturated rings. The minimum atomic E-state index is -0.172. The molecule has 26 heavy (non-hydrogen) atoms. The summed E-state index contributed by atoms with van der Waals surface area (Å²) in [7, 11) is 0. The van der Waals surface area contributed by atoms with Gasteiger partial charge in [-0.25, -0.2) is 9.97 Å². The number of anilines is 1. The van der Waals surface area contributed by atoms with E-state index in [9.17, 15) is 4.79 Å². The van der Waals surface area contributed by atoms with Gasteiger partial charge in [0, 0.05) is 25.5 Å². The molecular weight excluding hydrogens is 372 g/mol. The number of imidazole rings is 1. The smallest absolute Gasteiger partial charge is 0.295 e. The van der Waals surface area contributed by atoms with Crippen molar-refractivity contribution in [2.24, 2.45) is 0 Å². The first-order chi connectivity index (χ1) is 12.3. The van der Waals surface area contributed by atoms with Gasteiger partial charge in [0.2, 0.25) is 0 Å². The van der Waals surface area contributed by atoms with Gasteiger partial charge in [0.25, 0.3) is 5.91 Å². The van der Waals surface area contributed by atoms with Crippen LogP contribution in [0.15, 0.2) is 65.8 Å². The zero-order chi connectivity index (χ0) is 17.1. The zero-order valence-electron chi connectivity index (χ0n) is 13.8. The molecule has 0 atom stereocenters. The maximum atomic E-state index is 12.9. The number of aromatic nitrogens is 3. The molecule has 6 nitrogen and oxygen atoms in total. The lowest BCUT2D eigenvalue weighted by molar-refractivity contribution is 0.0959. The summed E-state index contributed by atoms with van der Waals surface area (Å²) in [6, 6.07) is 11.3. The van der Waals surface area contributed by atoms with E-state index in [-0.39, 0.29) is 18.3 Å². The summed E-state index contributed by atoms with van der Waals surface area (Å²) >= 11 is 1.51. The highest BCUT2D eigenvalue weighted by molar-refractivity contribution is 7.22. The third-order valence-electron chi connectivity index (χ3n) is 3.85. The topological polar surface area (TPSA) is 64.2 Å². The van der Waals surface area contributed by atoms with Gasteiger partial charge in [-0.2, -0.15) is 0 Å². The molecule has 1 aromatic carbocycles. The maximum Gasteiger partial charge on any atom is 0.295 e. The van der Waals surface area contributed by atoms with Gasteiger partial charge >= 0.3 is 0 Å². The highest BCUT2D eigenvalue weighted by Crippen LogP contribution is 2.29. The summed E-state index contributed by atoms with van der Waals surface area (Å²) < 4.78 is 8.35. The molecule has 0 aliphatic rings. The lowest BCUT2D eigenvalue weighted by atomic mass is 10.3. The van der Waals surface area contributed by atoms with Gasteiger partial charge in [-0.3, -0.25) is 9.69 Å². The van der Waals surface area contributed by atoms with Crippen molar-refractivity contribution in [3.8, 4) is 0 Å². The van der Waals surface area contributed by atoms with Gasteiger partial charge in [-0.05, 0) is 30.7 Å². The van der Waals surface area contributed by atoms with Crippen molar-refractivity contribution in [2.45, 2.75) is 13.0 Å². The molecule has 0 saturated heterocycles. The van der Waals surface area contributed by atoms with Gasteiger partial charge < -0.3 is 8.98 Å². The summed E-state index contributed by atoms with van der Waals surface area (Å²) in [5, 5.41) is 0.688. The summed E-state index contributed by atoms with van der Waals surface area (Å²) in [6.45, 7) is 1.34. The highest BCUT2D eigenvalue weighted by Gasteiger charge is 2.22. The molecule has 4 aromatic rings. The Balaban J connectivity index is 0.00000196. The lowest BCUT2D eigenvalue weighted by Crippen LogP contribution is -2.32. The van der Waals surface area contributed by atoms with Crippen LogP contribution in [-0.2, 0) is 6.54 Å². The van der Waals surface area contributed by atoms with Gasteiger partial charge in [0.1, 0.15) is 0 Å². The van der Waals surface area contributed by atoms with Crippen LogP contribution >= 0.6 is 23.7 Å².